The fourth-order valence-electron chi connectivity index (χ4n) is 2.61. The first kappa shape index (κ1) is 26.5. The van der Waals surface area contributed by atoms with E-state index in [1.165, 1.54) is 0 Å². The van der Waals surface area contributed by atoms with Crippen molar-refractivity contribution in [3.05, 3.63) is 65.2 Å². The zero-order chi connectivity index (χ0) is 22.0. The molecule has 0 saturated carbocycles. The summed E-state index contributed by atoms with van der Waals surface area (Å²) in [6, 6.07) is 11.9. The monoisotopic (exact) mass is 550 g/mol. The van der Waals surface area contributed by atoms with Gasteiger partial charge in [-0.25, -0.2) is 0 Å². The molecule has 1 amide bonds. The molecule has 0 bridgehead atoms. The van der Waals surface area contributed by atoms with Gasteiger partial charge in [-0.1, -0.05) is 12.1 Å². The summed E-state index contributed by atoms with van der Waals surface area (Å²) in [5.41, 5.74) is 0.540. The number of hydrogen-bond acceptors (Lipinski definition) is 3. The summed E-state index contributed by atoms with van der Waals surface area (Å²) in [4.78, 5) is 16.1. The normalized spacial score (nSPS) is 11.3. The Hall–Kier alpha value is -2.50. The van der Waals surface area contributed by atoms with Gasteiger partial charge in [0.05, 0.1) is 12.7 Å². The second-order valence-electron chi connectivity index (χ2n) is 6.35. The number of halogens is 4. The van der Waals surface area contributed by atoms with E-state index in [9.17, 15) is 18.0 Å². The van der Waals surface area contributed by atoms with E-state index in [1.54, 1.807) is 14.2 Å². The summed E-state index contributed by atoms with van der Waals surface area (Å²) in [7, 11) is 3.27. The van der Waals surface area contributed by atoms with Gasteiger partial charge in [0.15, 0.2) is 5.96 Å². The van der Waals surface area contributed by atoms with Crippen molar-refractivity contribution in [2.75, 3.05) is 33.8 Å². The van der Waals surface area contributed by atoms with E-state index < -0.39 is 17.6 Å². The van der Waals surface area contributed by atoms with Crippen LogP contribution >= 0.6 is 24.0 Å². The first-order chi connectivity index (χ1) is 14.3. The van der Waals surface area contributed by atoms with Crippen LogP contribution in [-0.2, 0) is 12.6 Å². The Morgan fingerprint density at radius 2 is 1.52 bits per heavy atom. The van der Waals surface area contributed by atoms with E-state index in [4.69, 9.17) is 4.74 Å². The predicted molar refractivity (Wildman–Crippen MR) is 125 cm³/mol. The Bertz CT molecular complexity index is 841. The van der Waals surface area contributed by atoms with Crippen LogP contribution in [0.2, 0.25) is 0 Å². The Labute approximate surface area is 196 Å². The lowest BCUT2D eigenvalue weighted by Crippen LogP contribution is -2.42. The second-order valence-corrected chi connectivity index (χ2v) is 6.35. The predicted octanol–water partition coefficient (Wildman–Crippen LogP) is 3.47. The van der Waals surface area contributed by atoms with Gasteiger partial charge in [0.25, 0.3) is 5.91 Å². The van der Waals surface area contributed by atoms with Crippen LogP contribution in [-0.4, -0.2) is 45.7 Å². The summed E-state index contributed by atoms with van der Waals surface area (Å²) < 4.78 is 42.8. The van der Waals surface area contributed by atoms with E-state index in [0.717, 1.165) is 42.0 Å². The summed E-state index contributed by atoms with van der Waals surface area (Å²) in [6.07, 6.45) is -3.62. The van der Waals surface area contributed by atoms with Crippen LogP contribution in [0.1, 0.15) is 21.5 Å². The van der Waals surface area contributed by atoms with Crippen molar-refractivity contribution in [2.24, 2.45) is 4.99 Å². The molecule has 2 aromatic rings. The molecule has 10 heteroatoms. The molecule has 0 radical (unpaired) electrons. The van der Waals surface area contributed by atoms with Crippen LogP contribution in [0.25, 0.3) is 0 Å². The SMILES string of the molecule is CN=C(NCCNC(=O)c1ccc(C(F)(F)F)cc1)NCCc1ccc(OC)cc1.I. The number of carbonyl (C=O) groups excluding carboxylic acids is 1. The molecule has 2 rings (SSSR count). The van der Waals surface area contributed by atoms with Crippen molar-refractivity contribution in [2.45, 2.75) is 12.6 Å². The molecule has 0 aliphatic carbocycles. The topological polar surface area (TPSA) is 74.8 Å². The number of nitrogens with one attached hydrogen (secondary N) is 3. The summed E-state index contributed by atoms with van der Waals surface area (Å²) in [5, 5.41) is 8.89. The minimum Gasteiger partial charge on any atom is -0.497 e. The molecule has 2 aromatic carbocycles. The third kappa shape index (κ3) is 9.03. The molecule has 0 heterocycles. The third-order valence-electron chi connectivity index (χ3n) is 4.27. The summed E-state index contributed by atoms with van der Waals surface area (Å²) in [6.45, 7) is 1.37. The Kier molecular flexibility index (Phi) is 11.2. The van der Waals surface area contributed by atoms with Crippen LogP contribution in [0.4, 0.5) is 13.2 Å². The number of alkyl halides is 3. The zero-order valence-corrected chi connectivity index (χ0v) is 19.6. The number of hydrogen-bond donors (Lipinski definition) is 3. The number of aliphatic imine (C=N–C) groups is 1. The van der Waals surface area contributed by atoms with Gasteiger partial charge in [0.1, 0.15) is 5.75 Å². The molecule has 0 spiro atoms. The quantitative estimate of drug-likeness (QED) is 0.204. The Morgan fingerprint density at radius 3 is 2.06 bits per heavy atom. The van der Waals surface area contributed by atoms with Crippen LogP contribution in [0.5, 0.6) is 5.75 Å². The highest BCUT2D eigenvalue weighted by Gasteiger charge is 2.30. The number of benzene rings is 2. The maximum absolute atomic E-state index is 12.6. The lowest BCUT2D eigenvalue weighted by molar-refractivity contribution is -0.137. The van der Waals surface area contributed by atoms with Crippen LogP contribution in [0, 0.1) is 0 Å². The second kappa shape index (κ2) is 13.0. The van der Waals surface area contributed by atoms with E-state index in [-0.39, 0.29) is 29.5 Å². The fourth-order valence-corrected chi connectivity index (χ4v) is 2.61. The highest BCUT2D eigenvalue weighted by atomic mass is 127. The van der Waals surface area contributed by atoms with Gasteiger partial charge >= 0.3 is 6.18 Å². The van der Waals surface area contributed by atoms with Gasteiger partial charge in [0.2, 0.25) is 0 Å². The van der Waals surface area contributed by atoms with Crippen molar-refractivity contribution in [3.8, 4) is 5.75 Å². The molecule has 3 N–H and O–H groups in total. The molecular weight excluding hydrogens is 524 g/mol. The van der Waals surface area contributed by atoms with E-state index in [1.807, 2.05) is 24.3 Å². The molecule has 0 aliphatic rings. The largest absolute Gasteiger partial charge is 0.497 e. The van der Waals surface area contributed by atoms with Crippen molar-refractivity contribution in [1.82, 2.24) is 16.0 Å². The van der Waals surface area contributed by atoms with Crippen LogP contribution in [0.3, 0.4) is 0 Å². The van der Waals surface area contributed by atoms with Gasteiger partial charge < -0.3 is 20.7 Å². The molecule has 0 aromatic heterocycles. The van der Waals surface area contributed by atoms with Crippen molar-refractivity contribution < 1.29 is 22.7 Å². The van der Waals surface area contributed by atoms with Gasteiger partial charge in [-0.15, -0.1) is 24.0 Å². The number of amides is 1. The van der Waals surface area contributed by atoms with E-state index >= 15 is 0 Å². The van der Waals surface area contributed by atoms with E-state index in [2.05, 4.69) is 20.9 Å². The van der Waals surface area contributed by atoms with Crippen LogP contribution in [0.15, 0.2) is 53.5 Å². The van der Waals surface area contributed by atoms with E-state index in [0.29, 0.717) is 25.6 Å². The van der Waals surface area contributed by atoms with Gasteiger partial charge in [-0.3, -0.25) is 9.79 Å². The maximum Gasteiger partial charge on any atom is 0.416 e. The molecule has 0 unspecified atom stereocenters. The smallest absolute Gasteiger partial charge is 0.416 e. The van der Waals surface area contributed by atoms with Crippen molar-refractivity contribution >= 4 is 35.8 Å². The average molecular weight is 550 g/mol. The fraction of sp³-hybridized carbons (Fsp3) is 0.333. The minimum absolute atomic E-state index is 0. The molecular formula is C21H26F3IN4O2. The number of methoxy groups -OCH3 is 1. The van der Waals surface area contributed by atoms with Gasteiger partial charge in [0, 0.05) is 32.2 Å². The summed E-state index contributed by atoms with van der Waals surface area (Å²) in [5.74, 6) is 0.961. The first-order valence-electron chi connectivity index (χ1n) is 9.36. The lowest BCUT2D eigenvalue weighted by atomic mass is 10.1. The molecule has 170 valence electrons. The molecule has 0 atom stereocenters. The first-order valence-corrected chi connectivity index (χ1v) is 9.36. The standard InChI is InChI=1S/C21H25F3N4O2.HI/c1-25-20(27-12-11-15-3-9-18(30-2)10-4-15)28-14-13-26-19(29)16-5-7-17(8-6-16)21(22,23)24;/h3-10H,11-14H2,1-2H3,(H,26,29)(H2,25,27,28);1H. The number of nitrogens with zero attached hydrogens (tertiary/aromatic N) is 1. The van der Waals surface area contributed by atoms with Crippen molar-refractivity contribution in [3.63, 3.8) is 0 Å². The van der Waals surface area contributed by atoms with Crippen LogP contribution < -0.4 is 20.7 Å². The number of carbonyl (C=O) groups is 1. The molecule has 6 nitrogen and oxygen atoms in total. The average Bonchev–Trinajstić information content (AvgIpc) is 2.75. The third-order valence-corrected chi connectivity index (χ3v) is 4.27. The number of rotatable bonds is 8. The number of guanidine groups is 1. The number of ether oxygens (including phenoxy) is 1. The summed E-state index contributed by atoms with van der Waals surface area (Å²) >= 11 is 0. The highest BCUT2D eigenvalue weighted by Crippen LogP contribution is 2.29. The maximum atomic E-state index is 12.6. The minimum atomic E-state index is -4.42. The molecule has 31 heavy (non-hydrogen) atoms. The Morgan fingerprint density at radius 1 is 0.935 bits per heavy atom. The lowest BCUT2D eigenvalue weighted by Gasteiger charge is -2.13. The Balaban J connectivity index is 0.00000480. The van der Waals surface area contributed by atoms with Gasteiger partial charge in [-0.2, -0.15) is 13.2 Å². The van der Waals surface area contributed by atoms with Crippen molar-refractivity contribution in [1.29, 1.82) is 0 Å². The molecule has 0 aliphatic heterocycles. The van der Waals surface area contributed by atoms with Gasteiger partial charge in [-0.05, 0) is 48.4 Å². The molecule has 0 saturated heterocycles. The zero-order valence-electron chi connectivity index (χ0n) is 17.3. The molecule has 0 fully saturated rings. The highest BCUT2D eigenvalue weighted by molar-refractivity contribution is 14.0.